The summed E-state index contributed by atoms with van der Waals surface area (Å²) in [4.78, 5) is 145. The molecule has 376 valence electrons. The molecule has 1 heterocycles. The number of ether oxygens (including phenoxy) is 1. The van der Waals surface area contributed by atoms with Gasteiger partial charge in [0, 0.05) is 32.2 Å². The molecule has 1 aliphatic carbocycles. The number of ketones is 1. The Bertz CT molecular complexity index is 1960. The van der Waals surface area contributed by atoms with Crippen LogP contribution in [0.5, 0.6) is 0 Å². The zero-order valence-electron chi connectivity index (χ0n) is 39.6. The molecule has 2 aliphatic rings. The summed E-state index contributed by atoms with van der Waals surface area (Å²) in [5.41, 5.74) is 0.840. The average Bonchev–Trinajstić information content (AvgIpc) is 3.76. The van der Waals surface area contributed by atoms with Crippen LogP contribution >= 0.6 is 0 Å². The molecule has 1 aromatic rings. The molecule has 2 fully saturated rings. The molecule has 21 heteroatoms. The maximum absolute atomic E-state index is 15.1. The molecule has 7 atom stereocenters. The van der Waals surface area contributed by atoms with Crippen molar-refractivity contribution in [2.75, 3.05) is 19.7 Å². The van der Waals surface area contributed by atoms with Gasteiger partial charge in [-0.1, -0.05) is 83.7 Å². The molecular weight excluding hydrogens is 887 g/mol. The molecule has 0 spiro atoms. The summed E-state index contributed by atoms with van der Waals surface area (Å²) in [5.74, 6) is -11.3. The zero-order valence-corrected chi connectivity index (χ0v) is 39.6. The number of carboxylic acid groups (broad SMARTS) is 2. The van der Waals surface area contributed by atoms with Crippen LogP contribution in [0.4, 0.5) is 0 Å². The van der Waals surface area contributed by atoms with Crippen molar-refractivity contribution in [2.45, 2.75) is 160 Å². The monoisotopic (exact) mass is 955 g/mol. The van der Waals surface area contributed by atoms with Gasteiger partial charge in [-0.15, -0.1) is 0 Å². The van der Waals surface area contributed by atoms with Crippen molar-refractivity contribution in [3.63, 3.8) is 0 Å². The Kier molecular flexibility index (Phi) is 23.1. The maximum atomic E-state index is 15.1. The second kappa shape index (κ2) is 28.0. The van der Waals surface area contributed by atoms with E-state index in [1.807, 2.05) is 30.3 Å². The number of hydrogen-bond donors (Lipinski definition) is 8. The first kappa shape index (κ1) is 55.9. The second-order valence-electron chi connectivity index (χ2n) is 17.8. The number of hydrogen-bond acceptors (Lipinski definition) is 12. The van der Waals surface area contributed by atoms with E-state index in [1.165, 1.54) is 4.90 Å². The molecule has 0 bridgehead atoms. The molecule has 1 saturated heterocycles. The number of aliphatic carboxylic acids is 2. The van der Waals surface area contributed by atoms with Crippen LogP contribution < -0.4 is 31.9 Å². The number of likely N-dealkylation sites (tertiary alicyclic amines) is 1. The summed E-state index contributed by atoms with van der Waals surface area (Å²) < 4.78 is 4.96. The van der Waals surface area contributed by atoms with Gasteiger partial charge in [0.15, 0.2) is 0 Å². The van der Waals surface area contributed by atoms with E-state index in [0.717, 1.165) is 31.7 Å². The molecule has 68 heavy (non-hydrogen) atoms. The SMILES string of the molecule is CCCOC(=O)CNC(=O)C(=O)[C@H](CCC)NC(=O)[C@@H]1C[C@@H](c2ccccc2)CN1C(=O)[C@@H](NC(=O)[C@@H](NC(=O)[C@H](CCC(=O)O)NC(=O)[C@H](CCC(=O)O)NC(C)=O)C(C)C)C1CCCCC1. The van der Waals surface area contributed by atoms with E-state index in [2.05, 4.69) is 31.9 Å². The lowest BCUT2D eigenvalue weighted by Crippen LogP contribution is -2.61. The second-order valence-corrected chi connectivity index (χ2v) is 17.8. The number of benzene rings is 1. The first-order chi connectivity index (χ1) is 32.3. The van der Waals surface area contributed by atoms with E-state index in [-0.39, 0.29) is 44.2 Å². The van der Waals surface area contributed by atoms with Crippen molar-refractivity contribution in [3.8, 4) is 0 Å². The topological polar surface area (TPSA) is 313 Å². The number of rotatable bonds is 27. The third kappa shape index (κ3) is 17.7. The average molecular weight is 956 g/mol. The number of esters is 1. The van der Waals surface area contributed by atoms with E-state index in [1.54, 1.807) is 27.7 Å². The Morgan fingerprint density at radius 3 is 1.88 bits per heavy atom. The number of carbonyl (C=O) groups excluding carboxylic acids is 9. The van der Waals surface area contributed by atoms with Gasteiger partial charge in [-0.2, -0.15) is 0 Å². The molecule has 0 unspecified atom stereocenters. The van der Waals surface area contributed by atoms with Gasteiger partial charge in [0.05, 0.1) is 12.6 Å². The minimum atomic E-state index is -1.54. The molecule has 0 aromatic heterocycles. The van der Waals surface area contributed by atoms with Crippen molar-refractivity contribution in [1.29, 1.82) is 0 Å². The summed E-state index contributed by atoms with van der Waals surface area (Å²) in [7, 11) is 0. The summed E-state index contributed by atoms with van der Waals surface area (Å²) in [6, 6.07) is 1.33. The number of amides is 7. The Balaban J connectivity index is 1.94. The fourth-order valence-electron chi connectivity index (χ4n) is 8.44. The third-order valence-corrected chi connectivity index (χ3v) is 12.0. The van der Waals surface area contributed by atoms with Crippen LogP contribution in [0.1, 0.15) is 130 Å². The van der Waals surface area contributed by atoms with Crippen molar-refractivity contribution >= 4 is 65.0 Å². The highest BCUT2D eigenvalue weighted by molar-refractivity contribution is 6.38. The van der Waals surface area contributed by atoms with Crippen molar-refractivity contribution < 1.29 is 67.7 Å². The first-order valence-corrected chi connectivity index (χ1v) is 23.5. The summed E-state index contributed by atoms with van der Waals surface area (Å²) in [6.07, 6.45) is 2.81. The van der Waals surface area contributed by atoms with Crippen molar-refractivity contribution in [1.82, 2.24) is 36.8 Å². The zero-order chi connectivity index (χ0) is 50.5. The Hall–Kier alpha value is -6.41. The molecule has 1 saturated carbocycles. The van der Waals surface area contributed by atoms with E-state index in [0.29, 0.717) is 25.7 Å². The Morgan fingerprint density at radius 1 is 0.721 bits per heavy atom. The first-order valence-electron chi connectivity index (χ1n) is 23.5. The molecule has 8 N–H and O–H groups in total. The number of carboxylic acids is 2. The molecular formula is C47H69N7O14. The Labute approximate surface area is 396 Å². The molecule has 1 aromatic carbocycles. The summed E-state index contributed by atoms with van der Waals surface area (Å²) >= 11 is 0. The largest absolute Gasteiger partial charge is 0.481 e. The van der Waals surface area contributed by atoms with Crippen LogP contribution in [0.2, 0.25) is 0 Å². The van der Waals surface area contributed by atoms with Crippen LogP contribution in [0.15, 0.2) is 30.3 Å². The molecule has 7 amide bonds. The lowest BCUT2D eigenvalue weighted by Gasteiger charge is -2.36. The van der Waals surface area contributed by atoms with Crippen LogP contribution in [-0.4, -0.2) is 136 Å². The van der Waals surface area contributed by atoms with E-state index >= 15 is 4.79 Å². The predicted molar refractivity (Wildman–Crippen MR) is 244 cm³/mol. The van der Waals surface area contributed by atoms with Gasteiger partial charge in [0.1, 0.15) is 36.8 Å². The lowest BCUT2D eigenvalue weighted by molar-refractivity contribution is -0.146. The number of nitrogens with one attached hydrogen (secondary N) is 6. The molecule has 0 radical (unpaired) electrons. The highest BCUT2D eigenvalue weighted by Crippen LogP contribution is 2.35. The van der Waals surface area contributed by atoms with Gasteiger partial charge in [-0.05, 0) is 62.3 Å². The van der Waals surface area contributed by atoms with Crippen molar-refractivity contribution in [3.05, 3.63) is 35.9 Å². The fourth-order valence-corrected chi connectivity index (χ4v) is 8.44. The standard InChI is InChI=1S/C47H69N7O14/c1-6-14-32(41(61)46(66)48-25-38(60)68-23-7-2)50-44(64)35-24-31(29-15-10-8-11-16-29)26-54(35)47(67)40(30-17-12-9-13-18-30)53-45(65)39(27(3)4)52-43(63)34(20-22-37(58)59)51-42(62)33(49-28(5)55)19-21-36(56)57/h8,10-11,15-16,27,30-35,39-40H,6-7,9,12-14,17-26H2,1-5H3,(H,48,66)(H,49,55)(H,50,64)(H,51,62)(H,52,63)(H,53,65)(H,56,57)(H,58,59)/t31-,32+,33+,34+,35+,39+,40+/m1/s1. The van der Waals surface area contributed by atoms with Gasteiger partial charge in [0.2, 0.25) is 41.2 Å². The van der Waals surface area contributed by atoms with E-state index in [9.17, 15) is 58.2 Å². The van der Waals surface area contributed by atoms with Gasteiger partial charge < -0.3 is 51.8 Å². The van der Waals surface area contributed by atoms with Crippen molar-refractivity contribution in [2.24, 2.45) is 11.8 Å². The summed E-state index contributed by atoms with van der Waals surface area (Å²) in [6.45, 7) is 7.58. The minimum absolute atomic E-state index is 0.0635. The third-order valence-electron chi connectivity index (χ3n) is 12.0. The quantitative estimate of drug-likeness (QED) is 0.0455. The number of nitrogens with zero attached hydrogens (tertiary/aromatic N) is 1. The van der Waals surface area contributed by atoms with Gasteiger partial charge >= 0.3 is 17.9 Å². The van der Waals surface area contributed by atoms with E-state index in [4.69, 9.17) is 4.74 Å². The molecule has 1 aliphatic heterocycles. The maximum Gasteiger partial charge on any atom is 0.325 e. The number of Topliss-reactive ketones (excluding diaryl/α,β-unsaturated/α-hetero) is 1. The van der Waals surface area contributed by atoms with Gasteiger partial charge in [-0.25, -0.2) is 0 Å². The fraction of sp³-hybridized carbons (Fsp3) is 0.638. The lowest BCUT2D eigenvalue weighted by atomic mass is 9.83. The van der Waals surface area contributed by atoms with Gasteiger partial charge in [0.25, 0.3) is 5.91 Å². The van der Waals surface area contributed by atoms with Gasteiger partial charge in [-0.3, -0.25) is 52.7 Å². The molecule has 3 rings (SSSR count). The van der Waals surface area contributed by atoms with E-state index < -0.39 is 133 Å². The predicted octanol–water partition coefficient (Wildman–Crippen LogP) is 1.22. The normalized spacial score (nSPS) is 18.1. The van der Waals surface area contributed by atoms with Crippen LogP contribution in [-0.2, 0) is 57.5 Å². The smallest absolute Gasteiger partial charge is 0.325 e. The van der Waals surface area contributed by atoms with Crippen LogP contribution in [0, 0.1) is 11.8 Å². The van der Waals surface area contributed by atoms with Crippen LogP contribution in [0.3, 0.4) is 0 Å². The van der Waals surface area contributed by atoms with Crippen LogP contribution in [0.25, 0.3) is 0 Å². The Morgan fingerprint density at radius 2 is 1.32 bits per heavy atom. The highest BCUT2D eigenvalue weighted by atomic mass is 16.5. The summed E-state index contributed by atoms with van der Waals surface area (Å²) in [5, 5.41) is 33.8. The number of carbonyl (C=O) groups is 11. The minimum Gasteiger partial charge on any atom is -0.481 e. The highest BCUT2D eigenvalue weighted by Gasteiger charge is 2.46. The molecule has 21 nitrogen and oxygen atoms in total.